The van der Waals surface area contributed by atoms with Crippen molar-refractivity contribution in [3.05, 3.63) is 58.1 Å². The molecule has 0 atom stereocenters. The SMILES string of the molecule is CCN(CC)CCCNCc1cc(OC)c(OCc2ccccc2C)cc1Cl. The van der Waals surface area contributed by atoms with Crippen LogP contribution in [0.25, 0.3) is 0 Å². The number of nitrogens with zero attached hydrogens (tertiary/aromatic N) is 1. The largest absolute Gasteiger partial charge is 0.493 e. The van der Waals surface area contributed by atoms with Crippen LogP contribution in [0, 0.1) is 6.92 Å². The molecule has 0 heterocycles. The van der Waals surface area contributed by atoms with E-state index >= 15 is 0 Å². The summed E-state index contributed by atoms with van der Waals surface area (Å²) in [5.74, 6) is 1.37. The molecule has 5 heteroatoms. The van der Waals surface area contributed by atoms with Gasteiger partial charge in [-0.3, -0.25) is 0 Å². The number of benzene rings is 2. The van der Waals surface area contributed by atoms with Crippen LogP contribution in [0.5, 0.6) is 11.5 Å². The molecule has 0 unspecified atom stereocenters. The Labute approximate surface area is 174 Å². The lowest BCUT2D eigenvalue weighted by Crippen LogP contribution is -2.27. The Balaban J connectivity index is 1.92. The highest BCUT2D eigenvalue weighted by atomic mass is 35.5. The average Bonchev–Trinajstić information content (AvgIpc) is 2.71. The lowest BCUT2D eigenvalue weighted by molar-refractivity contribution is 0.283. The Kier molecular flexibility index (Phi) is 9.62. The van der Waals surface area contributed by atoms with Gasteiger partial charge in [0.1, 0.15) is 6.61 Å². The molecule has 2 rings (SSSR count). The van der Waals surface area contributed by atoms with Gasteiger partial charge in [-0.15, -0.1) is 0 Å². The highest BCUT2D eigenvalue weighted by molar-refractivity contribution is 6.31. The van der Waals surface area contributed by atoms with E-state index in [1.807, 2.05) is 24.3 Å². The molecule has 0 fully saturated rings. The van der Waals surface area contributed by atoms with Gasteiger partial charge in [0, 0.05) is 17.6 Å². The molecule has 0 aromatic heterocycles. The average molecular weight is 405 g/mol. The zero-order valence-corrected chi connectivity index (χ0v) is 18.3. The van der Waals surface area contributed by atoms with Crippen molar-refractivity contribution in [3.63, 3.8) is 0 Å². The van der Waals surface area contributed by atoms with Crippen molar-refractivity contribution in [2.45, 2.75) is 40.3 Å². The number of methoxy groups -OCH3 is 1. The number of ether oxygens (including phenoxy) is 2. The second-order valence-corrected chi connectivity index (χ2v) is 7.27. The summed E-state index contributed by atoms with van der Waals surface area (Å²) < 4.78 is 11.5. The minimum atomic E-state index is 0.488. The van der Waals surface area contributed by atoms with E-state index < -0.39 is 0 Å². The maximum absolute atomic E-state index is 6.50. The molecule has 2 aromatic rings. The van der Waals surface area contributed by atoms with E-state index in [-0.39, 0.29) is 0 Å². The van der Waals surface area contributed by atoms with Crippen LogP contribution in [0.4, 0.5) is 0 Å². The molecule has 154 valence electrons. The lowest BCUT2D eigenvalue weighted by Gasteiger charge is -2.18. The molecule has 0 saturated carbocycles. The first-order valence-electron chi connectivity index (χ1n) is 10.1. The van der Waals surface area contributed by atoms with E-state index in [1.165, 1.54) is 5.56 Å². The van der Waals surface area contributed by atoms with Gasteiger partial charge in [0.2, 0.25) is 0 Å². The quantitative estimate of drug-likeness (QED) is 0.501. The first-order chi connectivity index (χ1) is 13.6. The van der Waals surface area contributed by atoms with Crippen molar-refractivity contribution >= 4 is 11.6 Å². The molecule has 0 aliphatic rings. The number of rotatable bonds is 12. The minimum Gasteiger partial charge on any atom is -0.493 e. The topological polar surface area (TPSA) is 33.7 Å². The Morgan fingerprint density at radius 2 is 1.79 bits per heavy atom. The van der Waals surface area contributed by atoms with E-state index in [9.17, 15) is 0 Å². The fraction of sp³-hybridized carbons (Fsp3) is 0.478. The van der Waals surface area contributed by atoms with Crippen molar-refractivity contribution < 1.29 is 9.47 Å². The summed E-state index contributed by atoms with van der Waals surface area (Å²) in [4.78, 5) is 2.43. The molecule has 2 aromatic carbocycles. The van der Waals surface area contributed by atoms with Crippen molar-refractivity contribution in [2.75, 3.05) is 33.3 Å². The zero-order valence-electron chi connectivity index (χ0n) is 17.6. The van der Waals surface area contributed by atoms with Gasteiger partial charge >= 0.3 is 0 Å². The molecule has 28 heavy (non-hydrogen) atoms. The molecule has 0 aliphatic heterocycles. The number of nitrogens with one attached hydrogen (secondary N) is 1. The number of hydrogen-bond donors (Lipinski definition) is 1. The summed E-state index contributed by atoms with van der Waals surface area (Å²) in [6.07, 6.45) is 1.12. The normalized spacial score (nSPS) is 11.1. The lowest BCUT2D eigenvalue weighted by atomic mass is 10.1. The summed E-state index contributed by atoms with van der Waals surface area (Å²) in [5, 5.41) is 4.17. The van der Waals surface area contributed by atoms with Crippen LogP contribution in [0.15, 0.2) is 36.4 Å². The molecule has 0 radical (unpaired) electrons. The fourth-order valence-electron chi connectivity index (χ4n) is 3.10. The highest BCUT2D eigenvalue weighted by Gasteiger charge is 2.11. The number of halogens is 1. The Morgan fingerprint density at radius 1 is 1.04 bits per heavy atom. The summed E-state index contributed by atoms with van der Waals surface area (Å²) in [6, 6.07) is 12.0. The number of hydrogen-bond acceptors (Lipinski definition) is 4. The summed E-state index contributed by atoms with van der Waals surface area (Å²) in [5.41, 5.74) is 3.38. The van der Waals surface area contributed by atoms with Gasteiger partial charge in [-0.2, -0.15) is 0 Å². The van der Waals surface area contributed by atoms with Crippen LogP contribution in [0.3, 0.4) is 0 Å². The van der Waals surface area contributed by atoms with Crippen LogP contribution in [0.1, 0.15) is 37.0 Å². The number of aryl methyl sites for hydroxylation is 1. The van der Waals surface area contributed by atoms with E-state index in [2.05, 4.69) is 43.1 Å². The smallest absolute Gasteiger partial charge is 0.163 e. The van der Waals surface area contributed by atoms with E-state index in [4.69, 9.17) is 21.1 Å². The van der Waals surface area contributed by atoms with Gasteiger partial charge in [0.15, 0.2) is 11.5 Å². The second kappa shape index (κ2) is 11.9. The standard InChI is InChI=1S/C23H33ClN2O2/c1-5-26(6-2)13-9-12-25-16-20-14-22(27-4)23(15-21(20)24)28-17-19-11-8-7-10-18(19)3/h7-8,10-11,14-15,25H,5-6,9,12-13,16-17H2,1-4H3. The molecule has 0 spiro atoms. The molecular formula is C23H33ClN2O2. The van der Waals surface area contributed by atoms with Crippen LogP contribution >= 0.6 is 11.6 Å². The Hall–Kier alpha value is -1.75. The predicted molar refractivity (Wildman–Crippen MR) is 118 cm³/mol. The first kappa shape index (κ1) is 22.5. The summed E-state index contributed by atoms with van der Waals surface area (Å²) in [6.45, 7) is 12.0. The van der Waals surface area contributed by atoms with Crippen molar-refractivity contribution in [1.29, 1.82) is 0 Å². The van der Waals surface area contributed by atoms with Crippen molar-refractivity contribution in [1.82, 2.24) is 10.2 Å². The highest BCUT2D eigenvalue weighted by Crippen LogP contribution is 2.34. The Bertz CT molecular complexity index is 733. The molecule has 4 nitrogen and oxygen atoms in total. The van der Waals surface area contributed by atoms with Gasteiger partial charge in [0.05, 0.1) is 7.11 Å². The monoisotopic (exact) mass is 404 g/mol. The first-order valence-corrected chi connectivity index (χ1v) is 10.4. The van der Waals surface area contributed by atoms with E-state index in [1.54, 1.807) is 7.11 Å². The minimum absolute atomic E-state index is 0.488. The fourth-order valence-corrected chi connectivity index (χ4v) is 3.32. The molecule has 1 N–H and O–H groups in total. The molecule has 0 aliphatic carbocycles. The van der Waals surface area contributed by atoms with Gasteiger partial charge in [-0.05, 0) is 62.3 Å². The maximum atomic E-state index is 6.50. The third-order valence-electron chi connectivity index (χ3n) is 5.01. The summed E-state index contributed by atoms with van der Waals surface area (Å²) >= 11 is 6.50. The van der Waals surface area contributed by atoms with Gasteiger partial charge in [-0.25, -0.2) is 0 Å². The van der Waals surface area contributed by atoms with E-state index in [0.717, 1.165) is 43.7 Å². The maximum Gasteiger partial charge on any atom is 0.163 e. The van der Waals surface area contributed by atoms with Crippen LogP contribution in [-0.4, -0.2) is 38.2 Å². The molecular weight excluding hydrogens is 372 g/mol. The zero-order chi connectivity index (χ0) is 20.4. The second-order valence-electron chi connectivity index (χ2n) is 6.87. The van der Waals surface area contributed by atoms with Crippen molar-refractivity contribution in [3.8, 4) is 11.5 Å². The van der Waals surface area contributed by atoms with Gasteiger partial charge in [0.25, 0.3) is 0 Å². The van der Waals surface area contributed by atoms with Crippen LogP contribution < -0.4 is 14.8 Å². The van der Waals surface area contributed by atoms with Gasteiger partial charge < -0.3 is 19.7 Å². The third-order valence-corrected chi connectivity index (χ3v) is 5.37. The van der Waals surface area contributed by atoms with Crippen LogP contribution in [0.2, 0.25) is 5.02 Å². The van der Waals surface area contributed by atoms with Crippen molar-refractivity contribution in [2.24, 2.45) is 0 Å². The van der Waals surface area contributed by atoms with E-state index in [0.29, 0.717) is 29.7 Å². The molecule has 0 bridgehead atoms. The molecule has 0 amide bonds. The molecule has 0 saturated heterocycles. The third kappa shape index (κ3) is 6.69. The summed E-state index contributed by atoms with van der Waals surface area (Å²) in [7, 11) is 1.66. The van der Waals surface area contributed by atoms with Crippen LogP contribution in [-0.2, 0) is 13.2 Å². The van der Waals surface area contributed by atoms with Gasteiger partial charge in [-0.1, -0.05) is 49.7 Å². The predicted octanol–water partition coefficient (Wildman–Crippen LogP) is 5.06. The Morgan fingerprint density at radius 3 is 2.46 bits per heavy atom.